The molecule has 0 aromatic heterocycles. The molecule has 0 aromatic rings. The van der Waals surface area contributed by atoms with Crippen LogP contribution in [0.1, 0.15) is 65.2 Å². The first-order chi connectivity index (χ1) is 11.0. The Morgan fingerprint density at radius 3 is 1.43 bits per heavy atom. The van der Waals surface area contributed by atoms with Crippen molar-refractivity contribution in [3.05, 3.63) is 49.6 Å². The van der Waals surface area contributed by atoms with E-state index in [9.17, 15) is 9.59 Å². The zero-order valence-corrected chi connectivity index (χ0v) is 14.9. The quantitative estimate of drug-likeness (QED) is 0.232. The van der Waals surface area contributed by atoms with Crippen LogP contribution in [0.15, 0.2) is 49.6 Å². The number of hydrogen-bond acceptors (Lipinski definition) is 2. The van der Waals surface area contributed by atoms with Crippen LogP contribution in [-0.2, 0) is 9.59 Å². The number of ketones is 2. The molecule has 23 heavy (non-hydrogen) atoms. The molecule has 0 N–H and O–H groups in total. The third-order valence-corrected chi connectivity index (χ3v) is 4.17. The van der Waals surface area contributed by atoms with Crippen LogP contribution >= 0.6 is 0 Å². The molecule has 0 aromatic carbocycles. The summed E-state index contributed by atoms with van der Waals surface area (Å²) in [5.41, 5.74) is -0.899. The third kappa shape index (κ3) is 8.49. The van der Waals surface area contributed by atoms with Gasteiger partial charge in [0, 0.05) is 0 Å². The van der Waals surface area contributed by atoms with E-state index < -0.39 is 5.41 Å². The number of carbonyl (C=O) groups is 2. The molecule has 0 amide bonds. The van der Waals surface area contributed by atoms with Crippen molar-refractivity contribution in [2.24, 2.45) is 5.41 Å². The molecule has 0 saturated heterocycles. The first-order valence-electron chi connectivity index (χ1n) is 8.55. The lowest BCUT2D eigenvalue weighted by Crippen LogP contribution is -2.35. The van der Waals surface area contributed by atoms with Gasteiger partial charge in [-0.1, -0.05) is 36.5 Å². The Morgan fingerprint density at radius 1 is 0.739 bits per heavy atom. The second kappa shape index (κ2) is 12.8. The van der Waals surface area contributed by atoms with Gasteiger partial charge in [0.1, 0.15) is 11.6 Å². The second-order valence-electron chi connectivity index (χ2n) is 5.98. The van der Waals surface area contributed by atoms with E-state index >= 15 is 0 Å². The highest BCUT2D eigenvalue weighted by atomic mass is 16.2. The average molecular weight is 316 g/mol. The number of carbonyl (C=O) groups excluding carboxylic acids is 2. The largest absolute Gasteiger partial charge is 0.299 e. The van der Waals surface area contributed by atoms with Crippen LogP contribution in [0.4, 0.5) is 0 Å². The summed E-state index contributed by atoms with van der Waals surface area (Å²) in [4.78, 5) is 24.2. The van der Waals surface area contributed by atoms with Gasteiger partial charge in [-0.2, -0.15) is 0 Å². The molecule has 0 rings (SSSR count). The molecule has 0 heterocycles. The molecule has 0 unspecified atom stereocenters. The molecule has 0 radical (unpaired) electrons. The second-order valence-corrected chi connectivity index (χ2v) is 5.98. The summed E-state index contributed by atoms with van der Waals surface area (Å²) in [6, 6.07) is 0. The van der Waals surface area contributed by atoms with Gasteiger partial charge in [-0.05, 0) is 65.2 Å². The summed E-state index contributed by atoms with van der Waals surface area (Å²) in [6.45, 7) is 10.4. The van der Waals surface area contributed by atoms with Crippen molar-refractivity contribution in [3.8, 4) is 0 Å². The summed E-state index contributed by atoms with van der Waals surface area (Å²) >= 11 is 0. The average Bonchev–Trinajstić information content (AvgIpc) is 2.51. The molecule has 128 valence electrons. The first kappa shape index (κ1) is 21.3. The minimum absolute atomic E-state index is 0.0449. The highest BCUT2D eigenvalue weighted by molar-refractivity contribution is 6.05. The van der Waals surface area contributed by atoms with Crippen molar-refractivity contribution in [3.63, 3.8) is 0 Å². The minimum atomic E-state index is -0.899. The van der Waals surface area contributed by atoms with Crippen molar-refractivity contribution < 1.29 is 9.59 Å². The van der Waals surface area contributed by atoms with Crippen LogP contribution in [0.2, 0.25) is 0 Å². The minimum Gasteiger partial charge on any atom is -0.299 e. The Morgan fingerprint density at radius 2 is 1.13 bits per heavy atom. The monoisotopic (exact) mass is 316 g/mol. The number of hydrogen-bond donors (Lipinski definition) is 0. The van der Waals surface area contributed by atoms with Crippen molar-refractivity contribution in [2.75, 3.05) is 0 Å². The molecule has 0 atom stereocenters. The third-order valence-electron chi connectivity index (χ3n) is 4.17. The lowest BCUT2D eigenvalue weighted by molar-refractivity contribution is -0.138. The van der Waals surface area contributed by atoms with Gasteiger partial charge < -0.3 is 0 Å². The molecular weight excluding hydrogens is 284 g/mol. The van der Waals surface area contributed by atoms with Gasteiger partial charge >= 0.3 is 0 Å². The van der Waals surface area contributed by atoms with E-state index in [0.717, 1.165) is 38.5 Å². The fourth-order valence-corrected chi connectivity index (χ4v) is 2.47. The molecule has 2 heteroatoms. The first-order valence-corrected chi connectivity index (χ1v) is 8.55. The van der Waals surface area contributed by atoms with Gasteiger partial charge in [0.25, 0.3) is 0 Å². The van der Waals surface area contributed by atoms with E-state index in [1.807, 2.05) is 24.3 Å². The Bertz CT molecular complexity index is 399. The maximum absolute atomic E-state index is 12.1. The standard InChI is InChI=1S/C21H32O2/c1-5-7-9-11-13-15-17-21(19(3)22,20(4)23)18-16-14-12-10-8-6-2/h5-6,13-16H,1-2,7-12,17-18H2,3-4H3. The maximum atomic E-state index is 12.1. The van der Waals surface area contributed by atoms with Crippen molar-refractivity contribution >= 4 is 11.6 Å². The van der Waals surface area contributed by atoms with Crippen LogP contribution in [0.25, 0.3) is 0 Å². The van der Waals surface area contributed by atoms with E-state index in [0.29, 0.717) is 12.8 Å². The summed E-state index contributed by atoms with van der Waals surface area (Å²) in [5, 5.41) is 0. The number of rotatable bonds is 14. The maximum Gasteiger partial charge on any atom is 0.143 e. The molecule has 0 spiro atoms. The lowest BCUT2D eigenvalue weighted by Gasteiger charge is -2.26. The fraction of sp³-hybridized carbons (Fsp3) is 0.524. The van der Waals surface area contributed by atoms with Crippen LogP contribution in [0.3, 0.4) is 0 Å². The van der Waals surface area contributed by atoms with E-state index in [1.165, 1.54) is 13.8 Å². The SMILES string of the molecule is C=CCCCC=CCC(CC=CCCCC=C)(C(C)=O)C(C)=O. The molecule has 2 nitrogen and oxygen atoms in total. The van der Waals surface area contributed by atoms with Gasteiger partial charge in [0.05, 0.1) is 5.41 Å². The number of allylic oxidation sites excluding steroid dienone is 6. The zero-order chi connectivity index (χ0) is 17.6. The van der Waals surface area contributed by atoms with E-state index in [1.54, 1.807) is 0 Å². The lowest BCUT2D eigenvalue weighted by atomic mass is 9.74. The van der Waals surface area contributed by atoms with Crippen LogP contribution < -0.4 is 0 Å². The Labute approximate surface area is 142 Å². The van der Waals surface area contributed by atoms with E-state index in [4.69, 9.17) is 0 Å². The fourth-order valence-electron chi connectivity index (χ4n) is 2.47. The highest BCUT2D eigenvalue weighted by Gasteiger charge is 2.37. The van der Waals surface area contributed by atoms with Gasteiger partial charge in [-0.25, -0.2) is 0 Å². The Balaban J connectivity index is 4.70. The van der Waals surface area contributed by atoms with Crippen molar-refractivity contribution in [2.45, 2.75) is 65.2 Å². The Hall–Kier alpha value is -1.70. The van der Waals surface area contributed by atoms with E-state index in [2.05, 4.69) is 25.3 Å². The summed E-state index contributed by atoms with van der Waals surface area (Å²) in [7, 11) is 0. The summed E-state index contributed by atoms with van der Waals surface area (Å²) < 4.78 is 0. The highest BCUT2D eigenvalue weighted by Crippen LogP contribution is 2.31. The normalized spacial score (nSPS) is 11.9. The molecule has 0 aliphatic heterocycles. The summed E-state index contributed by atoms with van der Waals surface area (Å²) in [5.74, 6) is -0.0898. The van der Waals surface area contributed by atoms with Gasteiger partial charge in [0.2, 0.25) is 0 Å². The topological polar surface area (TPSA) is 34.1 Å². The van der Waals surface area contributed by atoms with Gasteiger partial charge in [-0.15, -0.1) is 13.2 Å². The zero-order valence-electron chi connectivity index (χ0n) is 14.9. The van der Waals surface area contributed by atoms with Crippen LogP contribution in [-0.4, -0.2) is 11.6 Å². The summed E-state index contributed by atoms with van der Waals surface area (Å²) in [6.07, 6.45) is 18.9. The Kier molecular flexibility index (Phi) is 11.9. The van der Waals surface area contributed by atoms with Crippen molar-refractivity contribution in [1.29, 1.82) is 0 Å². The molecule has 0 fully saturated rings. The smallest absolute Gasteiger partial charge is 0.143 e. The predicted octanol–water partition coefficient (Wildman–Crippen LogP) is 5.76. The van der Waals surface area contributed by atoms with Crippen molar-refractivity contribution in [1.82, 2.24) is 0 Å². The van der Waals surface area contributed by atoms with E-state index in [-0.39, 0.29) is 11.6 Å². The number of Topliss-reactive ketones (excluding diaryl/α,β-unsaturated/α-hetero) is 2. The molecule has 0 aliphatic carbocycles. The molecule has 0 saturated carbocycles. The van der Waals surface area contributed by atoms with Gasteiger partial charge in [-0.3, -0.25) is 9.59 Å². The molecular formula is C21H32O2. The molecule has 0 aliphatic rings. The predicted molar refractivity (Wildman–Crippen MR) is 99.4 cm³/mol. The molecule has 0 bridgehead atoms. The number of unbranched alkanes of at least 4 members (excludes halogenated alkanes) is 4. The van der Waals surface area contributed by atoms with Gasteiger partial charge in [0.15, 0.2) is 0 Å². The van der Waals surface area contributed by atoms with Crippen LogP contribution in [0.5, 0.6) is 0 Å². The van der Waals surface area contributed by atoms with Crippen LogP contribution in [0, 0.1) is 5.41 Å².